The van der Waals surface area contributed by atoms with E-state index in [1.54, 1.807) is 6.08 Å². The molecule has 0 spiro atoms. The van der Waals surface area contributed by atoms with E-state index in [1.807, 2.05) is 0 Å². The molecule has 0 radical (unpaired) electrons. The van der Waals surface area contributed by atoms with Gasteiger partial charge in [0.2, 0.25) is 0 Å². The van der Waals surface area contributed by atoms with Gasteiger partial charge in [0.05, 0.1) is 6.61 Å². The second kappa shape index (κ2) is 5.12. The van der Waals surface area contributed by atoms with Crippen molar-refractivity contribution in [2.45, 2.75) is 11.7 Å². The summed E-state index contributed by atoms with van der Waals surface area (Å²) >= 11 is 3.17. The monoisotopic (exact) mass is 298 g/mol. The van der Waals surface area contributed by atoms with Crippen molar-refractivity contribution in [1.29, 1.82) is 0 Å². The average molecular weight is 299 g/mol. The number of alkyl halides is 1. The Balaban J connectivity index is 2.72. The van der Waals surface area contributed by atoms with Gasteiger partial charge in [-0.15, -0.1) is 0 Å². The van der Waals surface area contributed by atoms with E-state index >= 15 is 0 Å². The number of rotatable bonds is 4. The Morgan fingerprint density at radius 3 is 2.80 bits per heavy atom. The fourth-order valence-corrected chi connectivity index (χ4v) is 2.34. The third-order valence-corrected chi connectivity index (χ3v) is 3.76. The highest BCUT2D eigenvalue weighted by Crippen LogP contribution is 2.24. The van der Waals surface area contributed by atoms with Crippen LogP contribution in [0.15, 0.2) is 23.7 Å². The van der Waals surface area contributed by atoms with Crippen molar-refractivity contribution in [3.05, 3.63) is 23.7 Å². The third kappa shape index (κ3) is 3.61. The van der Waals surface area contributed by atoms with E-state index in [2.05, 4.69) is 15.9 Å². The van der Waals surface area contributed by atoms with E-state index in [-0.39, 0.29) is 6.42 Å². The molecule has 0 bridgehead atoms. The number of ether oxygens (including phenoxy) is 1. The summed E-state index contributed by atoms with van der Waals surface area (Å²) in [6, 6.07) is 0. The maximum absolute atomic E-state index is 13.4. The highest BCUT2D eigenvalue weighted by atomic mass is 79.9. The molecule has 0 aromatic heterocycles. The van der Waals surface area contributed by atoms with Crippen LogP contribution in [-0.2, 0) is 14.6 Å². The van der Waals surface area contributed by atoms with Gasteiger partial charge in [-0.2, -0.15) is 0 Å². The van der Waals surface area contributed by atoms with Gasteiger partial charge in [0.25, 0.3) is 0 Å². The highest BCUT2D eigenvalue weighted by molar-refractivity contribution is 9.09. The van der Waals surface area contributed by atoms with Crippen molar-refractivity contribution in [1.82, 2.24) is 0 Å². The molecule has 1 unspecified atom stereocenters. The molecule has 1 rings (SSSR count). The maximum atomic E-state index is 13.4. The van der Waals surface area contributed by atoms with Crippen LogP contribution in [0.1, 0.15) is 6.42 Å². The van der Waals surface area contributed by atoms with Crippen LogP contribution in [0.4, 0.5) is 4.39 Å². The van der Waals surface area contributed by atoms with Crippen molar-refractivity contribution in [3.8, 4) is 0 Å². The molecule has 86 valence electrons. The van der Waals surface area contributed by atoms with Crippen LogP contribution in [0.5, 0.6) is 0 Å². The van der Waals surface area contributed by atoms with E-state index in [4.69, 9.17) is 4.74 Å². The van der Waals surface area contributed by atoms with Crippen LogP contribution in [0, 0.1) is 0 Å². The lowest BCUT2D eigenvalue weighted by Crippen LogP contribution is -2.22. The van der Waals surface area contributed by atoms with Crippen molar-refractivity contribution in [3.63, 3.8) is 0 Å². The molecular weight excluding hydrogens is 287 g/mol. The first-order valence-corrected chi connectivity index (χ1v) is 7.47. The lowest BCUT2D eigenvalue weighted by molar-refractivity contribution is 0.242. The zero-order chi connectivity index (χ0) is 11.5. The van der Waals surface area contributed by atoms with Crippen LogP contribution in [0.2, 0.25) is 0 Å². The first-order valence-electron chi connectivity index (χ1n) is 4.40. The zero-order valence-electron chi connectivity index (χ0n) is 8.24. The van der Waals surface area contributed by atoms with Crippen LogP contribution in [0.25, 0.3) is 0 Å². The molecule has 1 atom stereocenters. The molecule has 0 amide bonds. The Kier molecular flexibility index (Phi) is 4.33. The van der Waals surface area contributed by atoms with Gasteiger partial charge in [-0.1, -0.05) is 15.9 Å². The molecule has 0 aromatic rings. The van der Waals surface area contributed by atoms with Crippen LogP contribution >= 0.6 is 15.9 Å². The Morgan fingerprint density at radius 2 is 2.33 bits per heavy atom. The van der Waals surface area contributed by atoms with E-state index in [9.17, 15) is 12.8 Å². The minimum absolute atomic E-state index is 0.138. The third-order valence-electron chi connectivity index (χ3n) is 1.98. The van der Waals surface area contributed by atoms with Crippen molar-refractivity contribution >= 4 is 25.8 Å². The molecule has 0 aromatic carbocycles. The van der Waals surface area contributed by atoms with E-state index in [0.717, 1.165) is 12.3 Å². The van der Waals surface area contributed by atoms with Gasteiger partial charge in [-0.3, -0.25) is 0 Å². The average Bonchev–Trinajstić information content (AvgIpc) is 2.12. The summed E-state index contributed by atoms with van der Waals surface area (Å²) in [5.74, 6) is -0.253. The highest BCUT2D eigenvalue weighted by Gasteiger charge is 2.27. The van der Waals surface area contributed by atoms with Gasteiger partial charge in [0.1, 0.15) is 16.8 Å². The lowest BCUT2D eigenvalue weighted by Gasteiger charge is -2.17. The summed E-state index contributed by atoms with van der Waals surface area (Å²) < 4.78 is 40.9. The molecule has 1 aliphatic rings. The number of hydrogen-bond donors (Lipinski definition) is 0. The van der Waals surface area contributed by atoms with Gasteiger partial charge in [0.15, 0.2) is 9.84 Å². The summed E-state index contributed by atoms with van der Waals surface area (Å²) in [5, 5.41) is -0.399. The van der Waals surface area contributed by atoms with Crippen LogP contribution < -0.4 is 0 Å². The number of hydrogen-bond acceptors (Lipinski definition) is 3. The summed E-state index contributed by atoms with van der Waals surface area (Å²) in [6.45, 7) is 0.430. The van der Waals surface area contributed by atoms with Crippen LogP contribution in [0.3, 0.4) is 0 Å². The maximum Gasteiger partial charge on any atom is 0.157 e. The normalized spacial score (nSPS) is 21.9. The lowest BCUT2D eigenvalue weighted by atomic mass is 10.1. The molecule has 0 heterocycles. The summed E-state index contributed by atoms with van der Waals surface area (Å²) in [5.41, 5.74) is 0. The summed E-state index contributed by atoms with van der Waals surface area (Å²) in [7, 11) is -3.37. The molecule has 0 aliphatic heterocycles. The molecular formula is C9H12BrFO3S. The molecule has 15 heavy (non-hydrogen) atoms. The molecule has 0 saturated carbocycles. The molecule has 0 saturated heterocycles. The van der Waals surface area contributed by atoms with Gasteiger partial charge in [-0.25, -0.2) is 12.8 Å². The van der Waals surface area contributed by atoms with Gasteiger partial charge in [0, 0.05) is 17.7 Å². The Morgan fingerprint density at radius 1 is 1.67 bits per heavy atom. The SMILES string of the molecule is CS(=O)(=O)C1CC=C(OCCBr)C=C1F. The predicted molar refractivity (Wildman–Crippen MR) is 60.3 cm³/mol. The number of allylic oxidation sites excluding steroid dienone is 2. The van der Waals surface area contributed by atoms with Crippen molar-refractivity contribution in [2.24, 2.45) is 0 Å². The molecule has 0 fully saturated rings. The second-order valence-electron chi connectivity index (χ2n) is 3.23. The fourth-order valence-electron chi connectivity index (χ4n) is 1.26. The van der Waals surface area contributed by atoms with Crippen LogP contribution in [-0.4, -0.2) is 31.9 Å². The molecule has 1 aliphatic carbocycles. The topological polar surface area (TPSA) is 43.4 Å². The minimum atomic E-state index is -3.37. The fraction of sp³-hybridized carbons (Fsp3) is 0.556. The van der Waals surface area contributed by atoms with E-state index in [0.29, 0.717) is 17.7 Å². The van der Waals surface area contributed by atoms with E-state index in [1.165, 1.54) is 0 Å². The van der Waals surface area contributed by atoms with Crippen molar-refractivity contribution < 1.29 is 17.5 Å². The second-order valence-corrected chi connectivity index (χ2v) is 6.25. The zero-order valence-corrected chi connectivity index (χ0v) is 10.6. The predicted octanol–water partition coefficient (Wildman–Crippen LogP) is 1.95. The quantitative estimate of drug-likeness (QED) is 0.745. The first kappa shape index (κ1) is 12.7. The largest absolute Gasteiger partial charge is 0.493 e. The first-order chi connectivity index (χ1) is 6.95. The van der Waals surface area contributed by atoms with Gasteiger partial charge in [-0.05, 0) is 12.5 Å². The standard InChI is InChI=1S/C9H12BrFO3S/c1-15(12,13)9-3-2-7(6-8(9)11)14-5-4-10/h2,6,9H,3-5H2,1H3. The van der Waals surface area contributed by atoms with Gasteiger partial charge >= 0.3 is 0 Å². The Labute approximate surface area is 97.0 Å². The number of sulfone groups is 1. The summed E-state index contributed by atoms with van der Waals surface area (Å²) in [6.07, 6.45) is 3.90. The van der Waals surface area contributed by atoms with Gasteiger partial charge < -0.3 is 4.74 Å². The molecule has 3 nitrogen and oxygen atoms in total. The Bertz CT molecular complexity index is 386. The number of halogens is 2. The molecule has 6 heteroatoms. The minimum Gasteiger partial charge on any atom is -0.493 e. The summed E-state index contributed by atoms with van der Waals surface area (Å²) in [4.78, 5) is 0. The Hall–Kier alpha value is -0.360. The molecule has 0 N–H and O–H groups in total. The van der Waals surface area contributed by atoms with Crippen molar-refractivity contribution in [2.75, 3.05) is 18.2 Å². The van der Waals surface area contributed by atoms with E-state index < -0.39 is 20.9 Å². The smallest absolute Gasteiger partial charge is 0.157 e.